The lowest BCUT2D eigenvalue weighted by Crippen LogP contribution is -2.37. The van der Waals surface area contributed by atoms with Crippen molar-refractivity contribution < 1.29 is 8.42 Å². The molecule has 1 heterocycles. The number of nitrogens with one attached hydrogen (secondary N) is 1. The molecule has 1 aromatic heterocycles. The summed E-state index contributed by atoms with van der Waals surface area (Å²) in [4.78, 5) is 0.350. The van der Waals surface area contributed by atoms with E-state index < -0.39 is 10.0 Å². The summed E-state index contributed by atoms with van der Waals surface area (Å²) in [6.07, 6.45) is 6.34. The predicted molar refractivity (Wildman–Crippen MR) is 82.3 cm³/mol. The number of hydrogen-bond acceptors (Lipinski definition) is 3. The van der Waals surface area contributed by atoms with Gasteiger partial charge in [0.15, 0.2) is 0 Å². The molecule has 2 aliphatic carbocycles. The highest BCUT2D eigenvalue weighted by Gasteiger charge is 2.43. The third kappa shape index (κ3) is 3.17. The summed E-state index contributed by atoms with van der Waals surface area (Å²) in [5, 5.41) is 0. The summed E-state index contributed by atoms with van der Waals surface area (Å²) in [5.74, 6) is 1.10. The first-order valence-electron chi connectivity index (χ1n) is 7.85. The van der Waals surface area contributed by atoms with Crippen LogP contribution in [-0.2, 0) is 16.6 Å². The number of rotatable bonds is 7. The van der Waals surface area contributed by atoms with Crippen LogP contribution in [0.1, 0.15) is 51.3 Å². The molecule has 0 aromatic carbocycles. The highest BCUT2D eigenvalue weighted by atomic mass is 32.2. The van der Waals surface area contributed by atoms with Gasteiger partial charge >= 0.3 is 0 Å². The molecule has 0 aliphatic heterocycles. The van der Waals surface area contributed by atoms with Crippen molar-refractivity contribution in [3.63, 3.8) is 0 Å². The van der Waals surface area contributed by atoms with Crippen molar-refractivity contribution in [2.45, 2.75) is 63.1 Å². The van der Waals surface area contributed by atoms with Crippen molar-refractivity contribution in [2.24, 2.45) is 17.6 Å². The molecule has 6 heteroatoms. The van der Waals surface area contributed by atoms with Gasteiger partial charge in [0.25, 0.3) is 0 Å². The van der Waals surface area contributed by atoms with E-state index in [4.69, 9.17) is 5.73 Å². The van der Waals surface area contributed by atoms with Crippen LogP contribution < -0.4 is 10.5 Å². The zero-order chi connectivity index (χ0) is 15.2. The molecular weight excluding hydrogens is 286 g/mol. The highest BCUT2D eigenvalue weighted by Crippen LogP contribution is 2.45. The van der Waals surface area contributed by atoms with Gasteiger partial charge in [0.1, 0.15) is 0 Å². The summed E-state index contributed by atoms with van der Waals surface area (Å²) in [5.41, 5.74) is 6.59. The van der Waals surface area contributed by atoms with Crippen LogP contribution in [0.5, 0.6) is 0 Å². The first kappa shape index (κ1) is 15.1. The van der Waals surface area contributed by atoms with Gasteiger partial charge in [-0.25, -0.2) is 13.1 Å². The van der Waals surface area contributed by atoms with Gasteiger partial charge in [0.05, 0.1) is 4.90 Å². The van der Waals surface area contributed by atoms with Crippen molar-refractivity contribution in [1.29, 1.82) is 0 Å². The fourth-order valence-electron chi connectivity index (χ4n) is 3.02. The van der Waals surface area contributed by atoms with Crippen LogP contribution in [0.2, 0.25) is 0 Å². The van der Waals surface area contributed by atoms with E-state index >= 15 is 0 Å². The fourth-order valence-corrected chi connectivity index (χ4v) is 4.45. The molecule has 0 radical (unpaired) electrons. The molecular formula is C15H25N3O2S. The van der Waals surface area contributed by atoms with E-state index in [0.717, 1.165) is 31.4 Å². The van der Waals surface area contributed by atoms with E-state index in [1.807, 2.05) is 18.4 Å². The normalized spacial score (nSPS) is 19.7. The second kappa shape index (κ2) is 5.41. The SMILES string of the molecule is CC(C)n1cc(S(=O)(=O)NC(C2CC2)C2CC2)cc1CN. The Morgan fingerprint density at radius 2 is 1.86 bits per heavy atom. The third-order valence-electron chi connectivity index (χ3n) is 4.53. The van der Waals surface area contributed by atoms with Crippen LogP contribution in [0.15, 0.2) is 17.2 Å². The van der Waals surface area contributed by atoms with Crippen molar-refractivity contribution >= 4 is 10.0 Å². The molecule has 5 nitrogen and oxygen atoms in total. The Hall–Kier alpha value is -0.850. The molecule has 3 rings (SSSR count). The van der Waals surface area contributed by atoms with Crippen LogP contribution in [0.3, 0.4) is 0 Å². The van der Waals surface area contributed by atoms with Crippen molar-refractivity contribution in [2.75, 3.05) is 0 Å². The van der Waals surface area contributed by atoms with Gasteiger partial charge in [-0.2, -0.15) is 0 Å². The van der Waals surface area contributed by atoms with E-state index in [1.54, 1.807) is 12.3 Å². The maximum Gasteiger partial charge on any atom is 0.242 e. The Balaban J connectivity index is 1.83. The van der Waals surface area contributed by atoms with E-state index in [1.165, 1.54) is 0 Å². The average molecular weight is 311 g/mol. The molecule has 3 N–H and O–H groups in total. The maximum absolute atomic E-state index is 12.6. The van der Waals surface area contributed by atoms with E-state index in [-0.39, 0.29) is 12.1 Å². The first-order valence-corrected chi connectivity index (χ1v) is 9.34. The zero-order valence-electron chi connectivity index (χ0n) is 12.7. The number of hydrogen-bond donors (Lipinski definition) is 2. The molecule has 0 saturated heterocycles. The largest absolute Gasteiger partial charge is 0.346 e. The van der Waals surface area contributed by atoms with Crippen molar-refractivity contribution in [1.82, 2.24) is 9.29 Å². The highest BCUT2D eigenvalue weighted by molar-refractivity contribution is 7.89. The summed E-state index contributed by atoms with van der Waals surface area (Å²) >= 11 is 0. The van der Waals surface area contributed by atoms with Gasteiger partial charge < -0.3 is 10.3 Å². The van der Waals surface area contributed by atoms with Crippen LogP contribution in [0.25, 0.3) is 0 Å². The fraction of sp³-hybridized carbons (Fsp3) is 0.733. The lowest BCUT2D eigenvalue weighted by atomic mass is 10.1. The van der Waals surface area contributed by atoms with E-state index in [2.05, 4.69) is 4.72 Å². The van der Waals surface area contributed by atoms with Gasteiger partial charge in [-0.3, -0.25) is 0 Å². The van der Waals surface area contributed by atoms with Gasteiger partial charge in [-0.05, 0) is 57.4 Å². The molecule has 0 atom stereocenters. The quantitative estimate of drug-likeness (QED) is 0.808. The number of nitrogens with zero attached hydrogens (tertiary/aromatic N) is 1. The maximum atomic E-state index is 12.6. The van der Waals surface area contributed by atoms with Crippen molar-refractivity contribution in [3.8, 4) is 0 Å². The van der Waals surface area contributed by atoms with Gasteiger partial charge in [0.2, 0.25) is 10.0 Å². The standard InChI is InChI=1S/C15H25N3O2S/c1-10(2)18-9-14(7-13(18)8-16)21(19,20)17-15(11-3-4-11)12-5-6-12/h7,9-12,15,17H,3-6,8,16H2,1-2H3. The Bertz CT molecular complexity index is 601. The van der Waals surface area contributed by atoms with E-state index in [0.29, 0.717) is 23.3 Å². The smallest absolute Gasteiger partial charge is 0.242 e. The van der Waals surface area contributed by atoms with Crippen molar-refractivity contribution in [3.05, 3.63) is 18.0 Å². The Labute approximate surface area is 127 Å². The topological polar surface area (TPSA) is 77.1 Å². The number of nitrogens with two attached hydrogens (primary N) is 1. The second-order valence-electron chi connectivity index (χ2n) is 6.69. The Morgan fingerprint density at radius 3 is 2.24 bits per heavy atom. The van der Waals surface area contributed by atoms with E-state index in [9.17, 15) is 8.42 Å². The summed E-state index contributed by atoms with van der Waals surface area (Å²) < 4.78 is 30.2. The second-order valence-corrected chi connectivity index (χ2v) is 8.41. The van der Waals surface area contributed by atoms with Crippen LogP contribution >= 0.6 is 0 Å². The van der Waals surface area contributed by atoms with Crippen LogP contribution in [0, 0.1) is 11.8 Å². The van der Waals surface area contributed by atoms with Crippen LogP contribution in [0.4, 0.5) is 0 Å². The molecule has 21 heavy (non-hydrogen) atoms. The predicted octanol–water partition coefficient (Wildman–Crippen LogP) is 1.99. The minimum Gasteiger partial charge on any atom is -0.346 e. The van der Waals surface area contributed by atoms with Gasteiger partial charge in [-0.15, -0.1) is 0 Å². The molecule has 0 unspecified atom stereocenters. The third-order valence-corrected chi connectivity index (χ3v) is 5.96. The molecule has 2 saturated carbocycles. The molecule has 0 spiro atoms. The van der Waals surface area contributed by atoms with Gasteiger partial charge in [-0.1, -0.05) is 0 Å². The minimum absolute atomic E-state index is 0.138. The number of sulfonamides is 1. The average Bonchev–Trinajstić information content (AvgIpc) is 3.32. The summed E-state index contributed by atoms with van der Waals surface area (Å²) in [7, 11) is -3.44. The molecule has 2 aliphatic rings. The zero-order valence-corrected chi connectivity index (χ0v) is 13.6. The molecule has 1 aromatic rings. The lowest BCUT2D eigenvalue weighted by Gasteiger charge is -2.17. The monoisotopic (exact) mass is 311 g/mol. The Kier molecular flexibility index (Phi) is 3.88. The first-order chi connectivity index (χ1) is 9.92. The minimum atomic E-state index is -3.44. The summed E-state index contributed by atoms with van der Waals surface area (Å²) in [6, 6.07) is 2.05. The molecule has 0 bridgehead atoms. The molecule has 0 amide bonds. The molecule has 2 fully saturated rings. The number of aromatic nitrogens is 1. The summed E-state index contributed by atoms with van der Waals surface area (Å²) in [6.45, 7) is 4.41. The Morgan fingerprint density at radius 1 is 1.29 bits per heavy atom. The molecule has 118 valence electrons. The lowest BCUT2D eigenvalue weighted by molar-refractivity contribution is 0.471. The van der Waals surface area contributed by atoms with Crippen LogP contribution in [-0.4, -0.2) is 19.0 Å². The van der Waals surface area contributed by atoms with Gasteiger partial charge in [0, 0.05) is 30.5 Å².